The van der Waals surface area contributed by atoms with Crippen LogP contribution >= 0.6 is 0 Å². The van der Waals surface area contributed by atoms with Crippen LogP contribution in [0.1, 0.15) is 11.6 Å². The van der Waals surface area contributed by atoms with E-state index in [4.69, 9.17) is 4.74 Å². The number of ether oxygens (including phenoxy) is 1. The largest absolute Gasteiger partial charge is 0.424 e. The van der Waals surface area contributed by atoms with Gasteiger partial charge in [-0.1, -0.05) is 18.2 Å². The van der Waals surface area contributed by atoms with Gasteiger partial charge in [-0.15, -0.1) is 0 Å². The summed E-state index contributed by atoms with van der Waals surface area (Å²) in [6.07, 6.45) is 0. The second-order valence-corrected chi connectivity index (χ2v) is 3.13. The van der Waals surface area contributed by atoms with Crippen molar-refractivity contribution >= 4 is 0 Å². The quantitative estimate of drug-likeness (QED) is 0.747. The fourth-order valence-corrected chi connectivity index (χ4v) is 1.23. The summed E-state index contributed by atoms with van der Waals surface area (Å²) in [5, 5.41) is 0. The normalized spacial score (nSPS) is 10.0. The fourth-order valence-electron chi connectivity index (χ4n) is 1.23. The topological polar surface area (TPSA) is 47.9 Å². The van der Waals surface area contributed by atoms with Crippen LogP contribution in [0.2, 0.25) is 0 Å². The molecule has 0 amide bonds. The summed E-state index contributed by atoms with van der Waals surface area (Å²) in [5.74, 6) is 2.05. The number of nitrogens with zero attached hydrogens (tertiary/aromatic N) is 3. The highest BCUT2D eigenvalue weighted by Gasteiger charge is 2.02. The van der Waals surface area contributed by atoms with Crippen molar-refractivity contribution in [2.75, 3.05) is 0 Å². The average Bonchev–Trinajstić information content (AvgIpc) is 2.17. The lowest BCUT2D eigenvalue weighted by Gasteiger charge is -2.03. The molecule has 0 N–H and O–H groups in total. The van der Waals surface area contributed by atoms with Gasteiger partial charge in [-0.25, -0.2) is 4.98 Å². The van der Waals surface area contributed by atoms with E-state index in [0.29, 0.717) is 17.7 Å². The van der Waals surface area contributed by atoms with Crippen LogP contribution in [0, 0.1) is 13.8 Å². The number of rotatable bonds is 2. The summed E-state index contributed by atoms with van der Waals surface area (Å²) in [4.78, 5) is 12.2. The Kier molecular flexibility index (Phi) is 2.58. The predicted molar refractivity (Wildman–Crippen MR) is 55.8 cm³/mol. The zero-order chi connectivity index (χ0) is 10.7. The molecule has 0 fully saturated rings. The molecule has 1 aromatic heterocycles. The molecular weight excluding hydrogens is 190 g/mol. The summed E-state index contributed by atoms with van der Waals surface area (Å²) < 4.78 is 5.48. The van der Waals surface area contributed by atoms with Gasteiger partial charge >= 0.3 is 6.01 Å². The Morgan fingerprint density at radius 2 is 1.47 bits per heavy atom. The smallest absolute Gasteiger partial charge is 0.325 e. The maximum Gasteiger partial charge on any atom is 0.325 e. The Morgan fingerprint density at radius 3 is 2.07 bits per heavy atom. The van der Waals surface area contributed by atoms with Crippen LogP contribution in [0.4, 0.5) is 0 Å². The number of para-hydroxylation sites is 1. The molecule has 0 aliphatic heterocycles. The molecular formula is C11H11N3O. The Labute approximate surface area is 88.0 Å². The number of hydrogen-bond donors (Lipinski definition) is 0. The maximum atomic E-state index is 5.48. The van der Waals surface area contributed by atoms with E-state index in [1.54, 1.807) is 0 Å². The van der Waals surface area contributed by atoms with Gasteiger partial charge in [0, 0.05) is 0 Å². The van der Waals surface area contributed by atoms with Crippen LogP contribution in [0.15, 0.2) is 30.3 Å². The first-order valence-electron chi connectivity index (χ1n) is 4.66. The standard InChI is InChI=1S/C11H11N3O/c1-8-12-9(2)14-11(13-8)15-10-6-4-3-5-7-10/h3-7H,1-2H3. The van der Waals surface area contributed by atoms with E-state index in [-0.39, 0.29) is 0 Å². The monoisotopic (exact) mass is 201 g/mol. The molecule has 2 rings (SSSR count). The molecule has 4 heteroatoms. The van der Waals surface area contributed by atoms with Crippen molar-refractivity contribution in [3.05, 3.63) is 42.0 Å². The van der Waals surface area contributed by atoms with Gasteiger partial charge < -0.3 is 4.74 Å². The third kappa shape index (κ3) is 2.49. The minimum Gasteiger partial charge on any atom is -0.424 e. The van der Waals surface area contributed by atoms with E-state index < -0.39 is 0 Å². The molecule has 1 aromatic carbocycles. The number of benzene rings is 1. The molecule has 1 heterocycles. The molecule has 0 aliphatic rings. The molecule has 76 valence electrons. The van der Waals surface area contributed by atoms with E-state index in [1.807, 2.05) is 44.2 Å². The molecule has 15 heavy (non-hydrogen) atoms. The summed E-state index contributed by atoms with van der Waals surface area (Å²) >= 11 is 0. The zero-order valence-electron chi connectivity index (χ0n) is 8.64. The van der Waals surface area contributed by atoms with E-state index in [0.717, 1.165) is 5.75 Å². The van der Waals surface area contributed by atoms with Crippen LogP contribution in [-0.4, -0.2) is 15.0 Å². The van der Waals surface area contributed by atoms with E-state index in [9.17, 15) is 0 Å². The van der Waals surface area contributed by atoms with Gasteiger partial charge in [0.2, 0.25) is 0 Å². The minimum absolute atomic E-state index is 0.339. The number of aromatic nitrogens is 3. The number of aryl methyl sites for hydroxylation is 2. The minimum atomic E-state index is 0.339. The van der Waals surface area contributed by atoms with Crippen molar-refractivity contribution < 1.29 is 4.74 Å². The first-order chi connectivity index (χ1) is 7.24. The molecule has 0 saturated heterocycles. The molecule has 0 unspecified atom stereocenters. The number of hydrogen-bond acceptors (Lipinski definition) is 4. The van der Waals surface area contributed by atoms with E-state index >= 15 is 0 Å². The van der Waals surface area contributed by atoms with Crippen LogP contribution in [-0.2, 0) is 0 Å². The van der Waals surface area contributed by atoms with Crippen molar-refractivity contribution in [3.63, 3.8) is 0 Å². The first-order valence-corrected chi connectivity index (χ1v) is 4.66. The summed E-state index contributed by atoms with van der Waals surface area (Å²) in [6.45, 7) is 3.62. The van der Waals surface area contributed by atoms with Crippen molar-refractivity contribution in [1.82, 2.24) is 15.0 Å². The van der Waals surface area contributed by atoms with Crippen molar-refractivity contribution in [1.29, 1.82) is 0 Å². The highest BCUT2D eigenvalue weighted by Crippen LogP contribution is 2.16. The molecule has 2 aromatic rings. The molecule has 4 nitrogen and oxygen atoms in total. The SMILES string of the molecule is Cc1nc(C)nc(Oc2ccccc2)n1. The molecule has 0 saturated carbocycles. The van der Waals surface area contributed by atoms with Gasteiger partial charge in [0.05, 0.1) is 0 Å². The second-order valence-electron chi connectivity index (χ2n) is 3.13. The maximum absolute atomic E-state index is 5.48. The zero-order valence-corrected chi connectivity index (χ0v) is 8.64. The van der Waals surface area contributed by atoms with E-state index in [1.165, 1.54) is 0 Å². The van der Waals surface area contributed by atoms with Gasteiger partial charge in [0.1, 0.15) is 17.4 Å². The van der Waals surface area contributed by atoms with Crippen LogP contribution in [0.5, 0.6) is 11.8 Å². The van der Waals surface area contributed by atoms with Gasteiger partial charge in [-0.3, -0.25) is 0 Å². The Balaban J connectivity index is 2.25. The molecule has 0 atom stereocenters. The molecule has 0 spiro atoms. The van der Waals surface area contributed by atoms with E-state index in [2.05, 4.69) is 15.0 Å². The Hall–Kier alpha value is -1.97. The third-order valence-corrected chi connectivity index (χ3v) is 1.79. The summed E-state index contributed by atoms with van der Waals surface area (Å²) in [5.41, 5.74) is 0. The van der Waals surface area contributed by atoms with Gasteiger partial charge in [-0.05, 0) is 26.0 Å². The van der Waals surface area contributed by atoms with Crippen molar-refractivity contribution in [2.24, 2.45) is 0 Å². The molecule has 0 radical (unpaired) electrons. The second kappa shape index (κ2) is 4.04. The fraction of sp³-hybridized carbons (Fsp3) is 0.182. The van der Waals surface area contributed by atoms with Gasteiger partial charge in [0.15, 0.2) is 0 Å². The Morgan fingerprint density at radius 1 is 0.867 bits per heavy atom. The van der Waals surface area contributed by atoms with Crippen LogP contribution in [0.3, 0.4) is 0 Å². The third-order valence-electron chi connectivity index (χ3n) is 1.79. The van der Waals surface area contributed by atoms with Gasteiger partial charge in [-0.2, -0.15) is 9.97 Å². The Bertz CT molecular complexity index is 436. The summed E-state index contributed by atoms with van der Waals surface area (Å²) in [6, 6.07) is 9.78. The highest BCUT2D eigenvalue weighted by molar-refractivity contribution is 5.24. The van der Waals surface area contributed by atoms with Crippen molar-refractivity contribution in [3.8, 4) is 11.8 Å². The van der Waals surface area contributed by atoms with Crippen LogP contribution < -0.4 is 4.74 Å². The molecule has 0 bridgehead atoms. The lowest BCUT2D eigenvalue weighted by molar-refractivity contribution is 0.435. The first kappa shape index (κ1) is 9.58. The molecule has 0 aliphatic carbocycles. The van der Waals surface area contributed by atoms with Gasteiger partial charge in [0.25, 0.3) is 0 Å². The average molecular weight is 201 g/mol. The predicted octanol–water partition coefficient (Wildman–Crippen LogP) is 2.28. The summed E-state index contributed by atoms with van der Waals surface area (Å²) in [7, 11) is 0. The lowest BCUT2D eigenvalue weighted by atomic mass is 10.3. The van der Waals surface area contributed by atoms with Crippen molar-refractivity contribution in [2.45, 2.75) is 13.8 Å². The van der Waals surface area contributed by atoms with Crippen LogP contribution in [0.25, 0.3) is 0 Å². The highest BCUT2D eigenvalue weighted by atomic mass is 16.5. The lowest BCUT2D eigenvalue weighted by Crippen LogP contribution is -1.99.